The molecule has 3 rings (SSSR count). The van der Waals surface area contributed by atoms with Gasteiger partial charge in [-0.05, 0) is 25.0 Å². The summed E-state index contributed by atoms with van der Waals surface area (Å²) in [5, 5.41) is 10.1. The zero-order valence-corrected chi connectivity index (χ0v) is 12.7. The maximum Gasteiger partial charge on any atom is 0.337 e. The third-order valence-electron chi connectivity index (χ3n) is 4.54. The smallest absolute Gasteiger partial charge is 0.337 e. The van der Waals surface area contributed by atoms with Crippen LogP contribution in [0.15, 0.2) is 12.1 Å². The third-order valence-corrected chi connectivity index (χ3v) is 5.05. The highest BCUT2D eigenvalue weighted by molar-refractivity contribution is 6.37. The zero-order chi connectivity index (χ0) is 14.3. The Bertz CT molecular complexity index is 545. The molecule has 1 saturated heterocycles. The number of anilines is 1. The van der Waals surface area contributed by atoms with E-state index in [9.17, 15) is 9.90 Å². The topological polar surface area (TPSA) is 40.5 Å². The number of carbonyl (C=O) groups is 1. The lowest BCUT2D eigenvalue weighted by molar-refractivity contribution is 0.0695. The Morgan fingerprint density at radius 1 is 1.15 bits per heavy atom. The highest BCUT2D eigenvalue weighted by atomic mass is 35.5. The molecule has 1 aromatic carbocycles. The summed E-state index contributed by atoms with van der Waals surface area (Å²) in [5.41, 5.74) is 1.21. The number of carboxylic acids is 1. The van der Waals surface area contributed by atoms with Gasteiger partial charge in [0.25, 0.3) is 0 Å². The van der Waals surface area contributed by atoms with E-state index in [2.05, 4.69) is 4.90 Å². The average molecular weight is 314 g/mol. The van der Waals surface area contributed by atoms with E-state index in [1.165, 1.54) is 38.2 Å². The predicted molar refractivity (Wildman–Crippen MR) is 81.2 cm³/mol. The van der Waals surface area contributed by atoms with Crippen LogP contribution in [0.3, 0.4) is 0 Å². The first-order valence-electron chi connectivity index (χ1n) is 6.98. The van der Waals surface area contributed by atoms with Crippen LogP contribution < -0.4 is 4.90 Å². The van der Waals surface area contributed by atoms with E-state index in [1.807, 2.05) is 0 Å². The van der Waals surface area contributed by atoms with Crippen LogP contribution in [0.5, 0.6) is 0 Å². The van der Waals surface area contributed by atoms with Crippen molar-refractivity contribution in [1.29, 1.82) is 0 Å². The van der Waals surface area contributed by atoms with Gasteiger partial charge in [-0.15, -0.1) is 0 Å². The minimum atomic E-state index is -0.978. The fraction of sp³-hybridized carbons (Fsp3) is 0.533. The second kappa shape index (κ2) is 5.12. The normalized spacial score (nSPS) is 20.8. The Kier molecular flexibility index (Phi) is 3.59. The Hall–Kier alpha value is -0.930. The molecule has 1 aromatic rings. The first-order valence-corrected chi connectivity index (χ1v) is 7.74. The Morgan fingerprint density at radius 3 is 2.40 bits per heavy atom. The molecule has 0 bridgehead atoms. The van der Waals surface area contributed by atoms with Gasteiger partial charge in [0.05, 0.1) is 16.3 Å². The molecule has 0 unspecified atom stereocenters. The van der Waals surface area contributed by atoms with Crippen molar-refractivity contribution in [2.24, 2.45) is 5.41 Å². The van der Waals surface area contributed by atoms with Crippen LogP contribution in [0.4, 0.5) is 5.69 Å². The number of rotatable bonds is 2. The lowest BCUT2D eigenvalue weighted by Crippen LogP contribution is -2.57. The van der Waals surface area contributed by atoms with E-state index < -0.39 is 5.97 Å². The van der Waals surface area contributed by atoms with E-state index in [-0.39, 0.29) is 5.56 Å². The summed E-state index contributed by atoms with van der Waals surface area (Å²) >= 11 is 12.1. The van der Waals surface area contributed by atoms with Gasteiger partial charge in [0.2, 0.25) is 0 Å². The van der Waals surface area contributed by atoms with Crippen LogP contribution in [0.25, 0.3) is 0 Å². The fourth-order valence-electron chi connectivity index (χ4n) is 3.59. The Balaban J connectivity index is 1.87. The van der Waals surface area contributed by atoms with Crippen LogP contribution in [-0.4, -0.2) is 24.2 Å². The van der Waals surface area contributed by atoms with Crippen molar-refractivity contribution < 1.29 is 9.90 Å². The van der Waals surface area contributed by atoms with Crippen molar-refractivity contribution in [2.45, 2.75) is 32.1 Å². The standard InChI is InChI=1S/C15H17Cl2NO2/c16-10-6-11(14(19)20)13(12(17)7-10)18-8-15(9-18)4-2-1-3-5-15/h6-7H,1-5,8-9H2,(H,19,20). The molecule has 2 fully saturated rings. The molecule has 1 heterocycles. The van der Waals surface area contributed by atoms with E-state index >= 15 is 0 Å². The summed E-state index contributed by atoms with van der Waals surface area (Å²) in [4.78, 5) is 13.5. The summed E-state index contributed by atoms with van der Waals surface area (Å²) < 4.78 is 0. The van der Waals surface area contributed by atoms with Gasteiger partial charge in [-0.25, -0.2) is 4.79 Å². The van der Waals surface area contributed by atoms with Crippen LogP contribution in [0, 0.1) is 5.41 Å². The number of carboxylic acid groups (broad SMARTS) is 1. The first-order chi connectivity index (χ1) is 9.51. The molecule has 1 spiro atoms. The number of nitrogens with zero attached hydrogens (tertiary/aromatic N) is 1. The van der Waals surface area contributed by atoms with Crippen molar-refractivity contribution in [3.63, 3.8) is 0 Å². The van der Waals surface area contributed by atoms with Gasteiger partial charge in [0, 0.05) is 23.5 Å². The summed E-state index contributed by atoms with van der Waals surface area (Å²) in [6, 6.07) is 3.10. The van der Waals surface area contributed by atoms with E-state index in [1.54, 1.807) is 6.07 Å². The van der Waals surface area contributed by atoms with Crippen LogP contribution in [-0.2, 0) is 0 Å². The zero-order valence-electron chi connectivity index (χ0n) is 11.2. The molecule has 0 radical (unpaired) electrons. The van der Waals surface area contributed by atoms with Gasteiger partial charge < -0.3 is 10.0 Å². The molecule has 0 aromatic heterocycles. The van der Waals surface area contributed by atoms with Crippen molar-refractivity contribution >= 4 is 34.9 Å². The van der Waals surface area contributed by atoms with Crippen molar-refractivity contribution in [3.8, 4) is 0 Å². The van der Waals surface area contributed by atoms with Crippen molar-refractivity contribution in [1.82, 2.24) is 0 Å². The molecule has 2 aliphatic rings. The second-order valence-corrected chi connectivity index (χ2v) is 6.85. The molecular formula is C15H17Cl2NO2. The molecule has 0 atom stereocenters. The molecular weight excluding hydrogens is 297 g/mol. The monoisotopic (exact) mass is 313 g/mol. The lowest BCUT2D eigenvalue weighted by atomic mass is 9.68. The predicted octanol–water partition coefficient (Wildman–Crippen LogP) is 4.46. The molecule has 5 heteroatoms. The maximum absolute atomic E-state index is 11.4. The molecule has 1 aliphatic heterocycles. The lowest BCUT2D eigenvalue weighted by Gasteiger charge is -2.54. The number of halogens is 2. The minimum Gasteiger partial charge on any atom is -0.478 e. The second-order valence-electron chi connectivity index (χ2n) is 6.01. The average Bonchev–Trinajstić information content (AvgIpc) is 2.36. The highest BCUT2D eigenvalue weighted by Gasteiger charge is 2.44. The fourth-order valence-corrected chi connectivity index (χ4v) is 4.20. The van der Waals surface area contributed by atoms with Gasteiger partial charge in [-0.3, -0.25) is 0 Å². The van der Waals surface area contributed by atoms with E-state index in [0.717, 1.165) is 13.1 Å². The molecule has 20 heavy (non-hydrogen) atoms. The maximum atomic E-state index is 11.4. The molecule has 1 N–H and O–H groups in total. The molecule has 1 aliphatic carbocycles. The Labute approximate surface area is 128 Å². The van der Waals surface area contributed by atoms with E-state index in [4.69, 9.17) is 23.2 Å². The molecule has 3 nitrogen and oxygen atoms in total. The van der Waals surface area contributed by atoms with Gasteiger partial charge in [-0.2, -0.15) is 0 Å². The summed E-state index contributed by atoms with van der Waals surface area (Å²) in [6.45, 7) is 1.82. The van der Waals surface area contributed by atoms with Gasteiger partial charge >= 0.3 is 5.97 Å². The SMILES string of the molecule is O=C(O)c1cc(Cl)cc(Cl)c1N1CC2(CCCCC2)C1. The van der Waals surface area contributed by atoms with Gasteiger partial charge in [-0.1, -0.05) is 42.5 Å². The number of hydrogen-bond donors (Lipinski definition) is 1. The molecule has 108 valence electrons. The van der Waals surface area contributed by atoms with Crippen molar-refractivity contribution in [2.75, 3.05) is 18.0 Å². The summed E-state index contributed by atoms with van der Waals surface area (Å²) in [7, 11) is 0. The van der Waals surface area contributed by atoms with Gasteiger partial charge in [0.15, 0.2) is 0 Å². The number of hydrogen-bond acceptors (Lipinski definition) is 2. The van der Waals surface area contributed by atoms with Crippen LogP contribution in [0.1, 0.15) is 42.5 Å². The van der Waals surface area contributed by atoms with Crippen LogP contribution >= 0.6 is 23.2 Å². The molecule has 0 amide bonds. The van der Waals surface area contributed by atoms with Crippen molar-refractivity contribution in [3.05, 3.63) is 27.7 Å². The van der Waals surface area contributed by atoms with Gasteiger partial charge in [0.1, 0.15) is 0 Å². The number of benzene rings is 1. The quantitative estimate of drug-likeness (QED) is 0.876. The Morgan fingerprint density at radius 2 is 1.80 bits per heavy atom. The first kappa shape index (κ1) is 14.0. The summed E-state index contributed by atoms with van der Waals surface area (Å²) in [5.74, 6) is -0.978. The largest absolute Gasteiger partial charge is 0.478 e. The highest BCUT2D eigenvalue weighted by Crippen LogP contribution is 2.48. The van der Waals surface area contributed by atoms with E-state index in [0.29, 0.717) is 21.1 Å². The van der Waals surface area contributed by atoms with Crippen LogP contribution in [0.2, 0.25) is 10.0 Å². The third kappa shape index (κ3) is 2.38. The number of aromatic carboxylic acids is 1. The summed E-state index contributed by atoms with van der Waals surface area (Å²) in [6.07, 6.45) is 6.39. The minimum absolute atomic E-state index is 0.202. The molecule has 1 saturated carbocycles.